The van der Waals surface area contributed by atoms with E-state index in [0.29, 0.717) is 0 Å². The Morgan fingerprint density at radius 3 is 3.20 bits per heavy atom. The summed E-state index contributed by atoms with van der Waals surface area (Å²) in [4.78, 5) is 11.4. The van der Waals surface area contributed by atoms with Crippen molar-refractivity contribution >= 4 is 5.97 Å². The molecule has 4 heteroatoms. The number of carbonyl (C=O) groups is 1. The fourth-order valence-electron chi connectivity index (χ4n) is 2.00. The van der Waals surface area contributed by atoms with Gasteiger partial charge in [-0.3, -0.25) is 4.79 Å². The molecule has 2 atom stereocenters. The van der Waals surface area contributed by atoms with Crippen molar-refractivity contribution < 1.29 is 13.9 Å². The number of carbonyl (C=O) groups excluding carboxylic acids is 1. The average molecular weight is 209 g/mol. The minimum Gasteiger partial charge on any atom is -0.469 e. The minimum absolute atomic E-state index is 0.00801. The number of esters is 1. The Hall–Kier alpha value is -1.29. The van der Waals surface area contributed by atoms with Crippen LogP contribution in [0.5, 0.6) is 0 Å². The Labute approximate surface area is 88.6 Å². The predicted octanol–water partition coefficient (Wildman–Crippen LogP) is 1.49. The van der Waals surface area contributed by atoms with Crippen LogP contribution in [0.2, 0.25) is 0 Å². The second-order valence-corrected chi connectivity index (χ2v) is 3.77. The van der Waals surface area contributed by atoms with Gasteiger partial charge in [0.15, 0.2) is 0 Å². The Morgan fingerprint density at radius 2 is 2.53 bits per heavy atom. The normalized spacial score (nSPS) is 26.2. The molecule has 1 aromatic heterocycles. The van der Waals surface area contributed by atoms with Crippen LogP contribution in [-0.4, -0.2) is 19.6 Å². The Morgan fingerprint density at radius 1 is 1.67 bits per heavy atom. The third-order valence-electron chi connectivity index (χ3n) is 2.82. The zero-order valence-corrected chi connectivity index (χ0v) is 8.73. The van der Waals surface area contributed by atoms with Crippen molar-refractivity contribution in [2.24, 2.45) is 5.92 Å². The van der Waals surface area contributed by atoms with Crippen LogP contribution >= 0.6 is 0 Å². The summed E-state index contributed by atoms with van der Waals surface area (Å²) in [7, 11) is 1.44. The van der Waals surface area contributed by atoms with Gasteiger partial charge in [-0.1, -0.05) is 0 Å². The van der Waals surface area contributed by atoms with E-state index in [1.807, 2.05) is 12.1 Å². The van der Waals surface area contributed by atoms with E-state index in [1.54, 1.807) is 6.26 Å². The average Bonchev–Trinajstić information content (AvgIpc) is 2.82. The number of furan rings is 1. The van der Waals surface area contributed by atoms with Crippen LogP contribution in [0.15, 0.2) is 22.8 Å². The third kappa shape index (κ3) is 2.21. The van der Waals surface area contributed by atoms with E-state index in [2.05, 4.69) is 5.32 Å². The first-order valence-corrected chi connectivity index (χ1v) is 5.16. The number of hydrogen-bond donors (Lipinski definition) is 1. The fraction of sp³-hybridized carbons (Fsp3) is 0.545. The van der Waals surface area contributed by atoms with Crippen LogP contribution in [-0.2, 0) is 9.53 Å². The molecule has 0 amide bonds. The molecule has 2 heterocycles. The molecule has 1 fully saturated rings. The summed E-state index contributed by atoms with van der Waals surface area (Å²) < 4.78 is 10.1. The number of methoxy groups -OCH3 is 1. The number of piperidine rings is 1. The molecule has 2 unspecified atom stereocenters. The molecule has 1 aliphatic rings. The highest BCUT2D eigenvalue weighted by Crippen LogP contribution is 2.27. The summed E-state index contributed by atoms with van der Waals surface area (Å²) in [6, 6.07) is 3.92. The maximum Gasteiger partial charge on any atom is 0.308 e. The van der Waals surface area contributed by atoms with Crippen molar-refractivity contribution in [3.63, 3.8) is 0 Å². The van der Waals surface area contributed by atoms with Gasteiger partial charge < -0.3 is 14.5 Å². The summed E-state index contributed by atoms with van der Waals surface area (Å²) >= 11 is 0. The van der Waals surface area contributed by atoms with Gasteiger partial charge in [0.25, 0.3) is 0 Å². The monoisotopic (exact) mass is 209 g/mol. The summed E-state index contributed by atoms with van der Waals surface area (Å²) in [5.74, 6) is 0.767. The lowest BCUT2D eigenvalue weighted by atomic mass is 9.91. The number of hydrogen-bond acceptors (Lipinski definition) is 4. The lowest BCUT2D eigenvalue weighted by Crippen LogP contribution is -2.35. The highest BCUT2D eigenvalue weighted by molar-refractivity contribution is 5.72. The first-order valence-electron chi connectivity index (χ1n) is 5.16. The summed E-state index contributed by atoms with van der Waals surface area (Å²) in [6.07, 6.45) is 3.24. The molecular weight excluding hydrogens is 194 g/mol. The third-order valence-corrected chi connectivity index (χ3v) is 2.82. The van der Waals surface area contributed by atoms with Crippen LogP contribution in [0.25, 0.3) is 0 Å². The van der Waals surface area contributed by atoms with Crippen molar-refractivity contribution in [3.05, 3.63) is 24.2 Å². The number of ether oxygens (including phenoxy) is 1. The lowest BCUT2D eigenvalue weighted by molar-refractivity contribution is -0.146. The van der Waals surface area contributed by atoms with Gasteiger partial charge in [0.1, 0.15) is 5.76 Å². The van der Waals surface area contributed by atoms with Crippen molar-refractivity contribution in [3.8, 4) is 0 Å². The van der Waals surface area contributed by atoms with Gasteiger partial charge in [-0.15, -0.1) is 0 Å². The van der Waals surface area contributed by atoms with E-state index >= 15 is 0 Å². The minimum atomic E-state index is -0.118. The molecule has 15 heavy (non-hydrogen) atoms. The zero-order chi connectivity index (χ0) is 10.7. The van der Waals surface area contributed by atoms with Gasteiger partial charge in [0.2, 0.25) is 0 Å². The summed E-state index contributed by atoms with van der Waals surface area (Å²) in [5, 5.41) is 3.33. The zero-order valence-electron chi connectivity index (χ0n) is 8.73. The van der Waals surface area contributed by atoms with E-state index in [0.717, 1.165) is 25.1 Å². The van der Waals surface area contributed by atoms with E-state index in [1.165, 1.54) is 7.11 Å². The fourth-order valence-corrected chi connectivity index (χ4v) is 2.00. The van der Waals surface area contributed by atoms with Gasteiger partial charge in [0.05, 0.1) is 25.3 Å². The van der Waals surface area contributed by atoms with E-state index in [-0.39, 0.29) is 17.9 Å². The van der Waals surface area contributed by atoms with Crippen LogP contribution in [0.1, 0.15) is 24.6 Å². The second kappa shape index (κ2) is 4.49. The topological polar surface area (TPSA) is 51.5 Å². The summed E-state index contributed by atoms with van der Waals surface area (Å²) in [5.41, 5.74) is 0. The standard InChI is InChI=1S/C11H15NO3/c1-14-11(13)8-4-5-12-9(7-8)10-3-2-6-15-10/h2-3,6,8-9,12H,4-5,7H2,1H3. The molecule has 1 saturated heterocycles. The highest BCUT2D eigenvalue weighted by Gasteiger charge is 2.29. The van der Waals surface area contributed by atoms with Gasteiger partial charge in [-0.25, -0.2) is 0 Å². The first kappa shape index (κ1) is 10.2. The molecule has 0 radical (unpaired) electrons. The molecule has 4 nitrogen and oxygen atoms in total. The quantitative estimate of drug-likeness (QED) is 0.750. The van der Waals surface area contributed by atoms with Gasteiger partial charge in [-0.05, 0) is 31.5 Å². The van der Waals surface area contributed by atoms with E-state index < -0.39 is 0 Å². The largest absolute Gasteiger partial charge is 0.469 e. The van der Waals surface area contributed by atoms with Crippen LogP contribution < -0.4 is 5.32 Å². The molecule has 1 aromatic rings. The molecular formula is C11H15NO3. The second-order valence-electron chi connectivity index (χ2n) is 3.77. The lowest BCUT2D eigenvalue weighted by Gasteiger charge is -2.27. The smallest absolute Gasteiger partial charge is 0.308 e. The highest BCUT2D eigenvalue weighted by atomic mass is 16.5. The van der Waals surface area contributed by atoms with E-state index in [4.69, 9.17) is 9.15 Å². The molecule has 0 bridgehead atoms. The van der Waals surface area contributed by atoms with Gasteiger partial charge in [0, 0.05) is 0 Å². The van der Waals surface area contributed by atoms with Crippen LogP contribution in [0.4, 0.5) is 0 Å². The van der Waals surface area contributed by atoms with Crippen molar-refractivity contribution in [1.82, 2.24) is 5.32 Å². The first-order chi connectivity index (χ1) is 7.31. The summed E-state index contributed by atoms with van der Waals surface area (Å²) in [6.45, 7) is 0.825. The van der Waals surface area contributed by atoms with Crippen LogP contribution in [0.3, 0.4) is 0 Å². The number of nitrogens with one attached hydrogen (secondary N) is 1. The Kier molecular flexibility index (Phi) is 3.06. The molecule has 0 aromatic carbocycles. The molecule has 82 valence electrons. The van der Waals surface area contributed by atoms with Crippen molar-refractivity contribution in [1.29, 1.82) is 0 Å². The maximum absolute atomic E-state index is 11.4. The Balaban J connectivity index is 2.01. The molecule has 0 saturated carbocycles. The van der Waals surface area contributed by atoms with Crippen molar-refractivity contribution in [2.75, 3.05) is 13.7 Å². The van der Waals surface area contributed by atoms with Gasteiger partial charge in [-0.2, -0.15) is 0 Å². The predicted molar refractivity (Wildman–Crippen MR) is 54.2 cm³/mol. The molecule has 1 N–H and O–H groups in total. The van der Waals surface area contributed by atoms with Gasteiger partial charge >= 0.3 is 5.97 Å². The van der Waals surface area contributed by atoms with Crippen LogP contribution in [0, 0.1) is 5.92 Å². The SMILES string of the molecule is COC(=O)C1CCNC(c2ccco2)C1. The Bertz CT molecular complexity index is 321. The molecule has 0 spiro atoms. The molecule has 1 aliphatic heterocycles. The number of rotatable bonds is 2. The van der Waals surface area contributed by atoms with E-state index in [9.17, 15) is 4.79 Å². The van der Waals surface area contributed by atoms with Crippen molar-refractivity contribution in [2.45, 2.75) is 18.9 Å². The molecule has 0 aliphatic carbocycles. The maximum atomic E-state index is 11.4. The molecule has 2 rings (SSSR count).